The molecule has 2 aromatic heterocycles. The van der Waals surface area contributed by atoms with Crippen molar-refractivity contribution >= 4 is 34.8 Å². The van der Waals surface area contributed by atoms with Gasteiger partial charge >= 0.3 is 0 Å². The maximum absolute atomic E-state index is 8.36. The molecule has 0 aliphatic carbocycles. The summed E-state index contributed by atoms with van der Waals surface area (Å²) < 4.78 is 0. The second-order valence-electron chi connectivity index (χ2n) is 4.34. The van der Waals surface area contributed by atoms with Gasteiger partial charge < -0.3 is 25.7 Å². The summed E-state index contributed by atoms with van der Waals surface area (Å²) in [5.74, 6) is 0. The average molecular weight is 344 g/mol. The molecule has 6 N–H and O–H groups in total. The minimum Gasteiger partial charge on any atom is -0.483 e. The third kappa shape index (κ3) is 7.49. The highest BCUT2D eigenvalue weighted by Gasteiger charge is 1.87. The van der Waals surface area contributed by atoms with Gasteiger partial charge in [-0.1, -0.05) is 36.4 Å². The van der Waals surface area contributed by atoms with Gasteiger partial charge in [0.15, 0.2) is 0 Å². The van der Waals surface area contributed by atoms with Gasteiger partial charge in [0, 0.05) is 23.4 Å². The van der Waals surface area contributed by atoms with Crippen LogP contribution in [-0.4, -0.2) is 38.6 Å². The molecule has 2 heterocycles. The van der Waals surface area contributed by atoms with E-state index in [4.69, 9.17) is 19.8 Å². The van der Waals surface area contributed by atoms with Crippen molar-refractivity contribution in [1.82, 2.24) is 9.97 Å². The lowest BCUT2D eigenvalue weighted by molar-refractivity contribution is -0.123. The lowest BCUT2D eigenvalue weighted by atomic mass is 10.3. The van der Waals surface area contributed by atoms with E-state index in [9.17, 15) is 0 Å². The van der Waals surface area contributed by atoms with E-state index in [1.54, 1.807) is 0 Å². The Balaban J connectivity index is 0.000000344. The van der Waals surface area contributed by atoms with Crippen LogP contribution in [0.4, 0.5) is 0 Å². The van der Waals surface area contributed by atoms with Crippen molar-refractivity contribution < 1.29 is 25.3 Å². The molecule has 4 rings (SSSR count). The second kappa shape index (κ2) is 12.9. The summed E-state index contributed by atoms with van der Waals surface area (Å²) in [6.45, 7) is -0.500. The highest BCUT2D eigenvalue weighted by molar-refractivity contribution is 5.79. The van der Waals surface area contributed by atoms with Crippen LogP contribution < -0.4 is 0 Å². The molecule has 7 heteroatoms. The first-order chi connectivity index (χ1) is 11.8. The zero-order valence-electron chi connectivity index (χ0n) is 13.3. The molecule has 0 bridgehead atoms. The summed E-state index contributed by atoms with van der Waals surface area (Å²) >= 11 is 0. The quantitative estimate of drug-likeness (QED) is 0.364. The Bertz CT molecular complexity index is 722. The van der Waals surface area contributed by atoms with Crippen molar-refractivity contribution in [3.63, 3.8) is 0 Å². The van der Waals surface area contributed by atoms with Crippen molar-refractivity contribution in [1.29, 1.82) is 0 Å². The van der Waals surface area contributed by atoms with E-state index in [0.29, 0.717) is 0 Å². The van der Waals surface area contributed by atoms with Crippen molar-refractivity contribution in [3.05, 3.63) is 73.1 Å². The Morgan fingerprint density at radius 3 is 1.28 bits per heavy atom. The van der Waals surface area contributed by atoms with Gasteiger partial charge in [-0.3, -0.25) is 9.59 Å². The first kappa shape index (κ1) is 21.4. The van der Waals surface area contributed by atoms with E-state index in [1.165, 1.54) is 21.8 Å². The number of hydrogen-bond acceptors (Lipinski definition) is 2. The standard InChI is InChI=1S/2C8H7N.2CH2O2.H2O/c2*1-2-4-8-7(3-1)5-6-9-8;2*2-1-3;/h2*1-6,9H;2*1H,(H,2,3);1H2. The van der Waals surface area contributed by atoms with Gasteiger partial charge in [0.2, 0.25) is 0 Å². The molecule has 0 saturated heterocycles. The minimum atomic E-state index is -0.250. The predicted molar refractivity (Wildman–Crippen MR) is 97.6 cm³/mol. The molecule has 0 aliphatic heterocycles. The average Bonchev–Trinajstić information content (AvgIpc) is 3.26. The topological polar surface area (TPSA) is 138 Å². The molecule has 0 saturated carbocycles. The van der Waals surface area contributed by atoms with Crippen molar-refractivity contribution in [2.45, 2.75) is 0 Å². The molecule has 0 fully saturated rings. The predicted octanol–water partition coefficient (Wildman–Crippen LogP) is 2.91. The summed E-state index contributed by atoms with van der Waals surface area (Å²) in [4.78, 5) is 23.0. The Hall–Kier alpha value is -3.58. The third-order valence-electron chi connectivity index (χ3n) is 2.93. The van der Waals surface area contributed by atoms with Crippen LogP contribution in [0.2, 0.25) is 0 Å². The molecule has 25 heavy (non-hydrogen) atoms. The normalized spacial score (nSPS) is 8.32. The van der Waals surface area contributed by atoms with E-state index in [0.717, 1.165) is 0 Å². The summed E-state index contributed by atoms with van der Waals surface area (Å²) in [7, 11) is 0. The highest BCUT2D eigenvalue weighted by atomic mass is 16.3. The van der Waals surface area contributed by atoms with Gasteiger partial charge in [0.25, 0.3) is 12.9 Å². The number of fused-ring (bicyclic) bond motifs is 2. The smallest absolute Gasteiger partial charge is 0.290 e. The molecule has 2 aromatic carbocycles. The van der Waals surface area contributed by atoms with E-state index in [1.807, 2.05) is 36.7 Å². The van der Waals surface area contributed by atoms with Crippen LogP contribution >= 0.6 is 0 Å². The fourth-order valence-corrected chi connectivity index (χ4v) is 1.99. The van der Waals surface area contributed by atoms with Crippen LogP contribution in [-0.2, 0) is 9.59 Å². The Morgan fingerprint density at radius 2 is 0.960 bits per heavy atom. The van der Waals surface area contributed by atoms with Crippen molar-refractivity contribution in [3.8, 4) is 0 Å². The van der Waals surface area contributed by atoms with Crippen LogP contribution in [0.1, 0.15) is 0 Å². The maximum atomic E-state index is 8.36. The number of carbonyl (C=O) groups is 2. The summed E-state index contributed by atoms with van der Waals surface area (Å²) in [6, 6.07) is 20.6. The van der Waals surface area contributed by atoms with Crippen LogP contribution in [0.25, 0.3) is 21.8 Å². The highest BCUT2D eigenvalue weighted by Crippen LogP contribution is 2.09. The zero-order chi connectivity index (χ0) is 17.6. The van der Waals surface area contributed by atoms with E-state index in [-0.39, 0.29) is 18.4 Å². The van der Waals surface area contributed by atoms with Crippen molar-refractivity contribution in [2.75, 3.05) is 0 Å². The fourth-order valence-electron chi connectivity index (χ4n) is 1.99. The molecule has 0 spiro atoms. The molecule has 0 radical (unpaired) electrons. The number of rotatable bonds is 0. The van der Waals surface area contributed by atoms with Crippen LogP contribution in [0.3, 0.4) is 0 Å². The van der Waals surface area contributed by atoms with Gasteiger partial charge in [-0.2, -0.15) is 0 Å². The molecule has 132 valence electrons. The van der Waals surface area contributed by atoms with Gasteiger partial charge in [0.05, 0.1) is 0 Å². The first-order valence-electron chi connectivity index (χ1n) is 6.96. The lowest BCUT2D eigenvalue weighted by Gasteiger charge is -1.83. The number of aromatic nitrogens is 2. The third-order valence-corrected chi connectivity index (χ3v) is 2.93. The van der Waals surface area contributed by atoms with Crippen LogP contribution in [0, 0.1) is 0 Å². The van der Waals surface area contributed by atoms with E-state index < -0.39 is 0 Å². The molecule has 0 aliphatic rings. The van der Waals surface area contributed by atoms with E-state index in [2.05, 4.69) is 46.4 Å². The second-order valence-corrected chi connectivity index (χ2v) is 4.34. The number of H-pyrrole nitrogens is 2. The number of hydrogen-bond donors (Lipinski definition) is 4. The molecule has 7 nitrogen and oxygen atoms in total. The first-order valence-corrected chi connectivity index (χ1v) is 6.96. The van der Waals surface area contributed by atoms with Crippen LogP contribution in [0.5, 0.6) is 0 Å². The van der Waals surface area contributed by atoms with Crippen molar-refractivity contribution in [2.24, 2.45) is 0 Å². The zero-order valence-corrected chi connectivity index (χ0v) is 13.3. The maximum Gasteiger partial charge on any atom is 0.290 e. The summed E-state index contributed by atoms with van der Waals surface area (Å²) in [5, 5.41) is 16.3. The molecule has 0 unspecified atom stereocenters. The monoisotopic (exact) mass is 344 g/mol. The largest absolute Gasteiger partial charge is 0.483 e. The lowest BCUT2D eigenvalue weighted by Crippen LogP contribution is -1.61. The minimum absolute atomic E-state index is 0. The van der Waals surface area contributed by atoms with Gasteiger partial charge in [0.1, 0.15) is 0 Å². The molecule has 0 atom stereocenters. The Labute approximate surface area is 143 Å². The summed E-state index contributed by atoms with van der Waals surface area (Å²) in [6.07, 6.45) is 3.90. The number of carboxylic acid groups (broad SMARTS) is 2. The molecule has 0 amide bonds. The molecule has 4 aromatic rings. The Morgan fingerprint density at radius 1 is 0.640 bits per heavy atom. The SMILES string of the molecule is O.O=CO.O=CO.c1ccc2[nH]ccc2c1.c1ccc2[nH]ccc2c1. The van der Waals surface area contributed by atoms with E-state index >= 15 is 0 Å². The number of nitrogens with one attached hydrogen (secondary N) is 2. The number of aromatic amines is 2. The van der Waals surface area contributed by atoms with Gasteiger partial charge in [-0.25, -0.2) is 0 Å². The van der Waals surface area contributed by atoms with Crippen LogP contribution in [0.15, 0.2) is 73.1 Å². The number of benzene rings is 2. The Kier molecular flexibility index (Phi) is 11.1. The van der Waals surface area contributed by atoms with Gasteiger partial charge in [-0.05, 0) is 35.0 Å². The molecular formula is C18H20N2O5. The van der Waals surface area contributed by atoms with Gasteiger partial charge in [-0.15, -0.1) is 0 Å². The number of para-hydroxylation sites is 2. The fraction of sp³-hybridized carbons (Fsp3) is 0. The molecular weight excluding hydrogens is 324 g/mol. The summed E-state index contributed by atoms with van der Waals surface area (Å²) in [5.41, 5.74) is 2.41.